The van der Waals surface area contributed by atoms with Gasteiger partial charge in [0, 0.05) is 34.6 Å². The van der Waals surface area contributed by atoms with E-state index in [1.807, 2.05) is 12.3 Å². The van der Waals surface area contributed by atoms with Crippen molar-refractivity contribution in [3.63, 3.8) is 0 Å². The lowest BCUT2D eigenvalue weighted by Gasteiger charge is -2.46. The third-order valence-electron chi connectivity index (χ3n) is 15.2. The van der Waals surface area contributed by atoms with E-state index in [4.69, 9.17) is 9.72 Å². The third kappa shape index (κ3) is 6.43. The topological polar surface area (TPSA) is 33.5 Å². The van der Waals surface area contributed by atoms with Crippen molar-refractivity contribution in [3.05, 3.63) is 172 Å². The van der Waals surface area contributed by atoms with Crippen LogP contribution >= 0.6 is 0 Å². The zero-order valence-corrected chi connectivity index (χ0v) is 43.0. The van der Waals surface area contributed by atoms with E-state index in [0.717, 1.165) is 35.0 Å². The number of hydrogen-bond acceptors (Lipinski definition) is 4. The molecule has 2 aromatic heterocycles. The Bertz CT molecular complexity index is 3290. The summed E-state index contributed by atoms with van der Waals surface area (Å²) in [6.07, 6.45) is 1.86. The Morgan fingerprint density at radius 3 is 1.68 bits per heavy atom. The molecule has 0 N–H and O–H groups in total. The molecule has 11 rings (SSSR count). The van der Waals surface area contributed by atoms with Crippen LogP contribution in [0.5, 0.6) is 11.5 Å². The van der Waals surface area contributed by atoms with Crippen LogP contribution in [0.15, 0.2) is 128 Å². The molecule has 346 valence electrons. The van der Waals surface area contributed by atoms with Gasteiger partial charge in [-0.3, -0.25) is 4.57 Å². The van der Waals surface area contributed by atoms with Crippen molar-refractivity contribution in [3.8, 4) is 28.4 Å². The average molecular weight is 897 g/mol. The van der Waals surface area contributed by atoms with Crippen molar-refractivity contribution in [2.45, 2.75) is 136 Å². The lowest BCUT2D eigenvalue weighted by Crippen LogP contribution is -2.44. The number of benzene rings is 6. The van der Waals surface area contributed by atoms with Crippen LogP contribution < -0.4 is 14.5 Å². The van der Waals surface area contributed by atoms with E-state index >= 15 is 0 Å². The van der Waals surface area contributed by atoms with E-state index in [2.05, 4.69) is 233 Å². The van der Waals surface area contributed by atoms with Gasteiger partial charge in [0.25, 0.3) is 0 Å². The van der Waals surface area contributed by atoms with Gasteiger partial charge in [-0.2, -0.15) is 0 Å². The van der Waals surface area contributed by atoms with Crippen LogP contribution in [-0.2, 0) is 27.1 Å². The van der Waals surface area contributed by atoms with Crippen molar-refractivity contribution < 1.29 is 4.74 Å². The molecular weight excluding hydrogens is 829 g/mol. The van der Waals surface area contributed by atoms with Crippen molar-refractivity contribution >= 4 is 38.9 Å². The number of pyridine rings is 1. The van der Waals surface area contributed by atoms with Crippen molar-refractivity contribution in [2.75, 3.05) is 16.5 Å². The minimum Gasteiger partial charge on any atom is -0.457 e. The summed E-state index contributed by atoms with van der Waals surface area (Å²) in [7, 11) is 0. The first-order valence-electron chi connectivity index (χ1n) is 24.7. The third-order valence-corrected chi connectivity index (χ3v) is 15.2. The lowest BCUT2D eigenvalue weighted by atomic mass is 9.59. The number of hydrogen-bond donors (Lipinski definition) is 0. The maximum absolute atomic E-state index is 7.11. The predicted molar refractivity (Wildman–Crippen MR) is 286 cm³/mol. The highest BCUT2D eigenvalue weighted by Crippen LogP contribution is 2.68. The molecule has 0 amide bonds. The quantitative estimate of drug-likeness (QED) is 0.177. The minimum atomic E-state index is -0.630. The number of nitrogens with zero attached hydrogens (tertiary/aromatic N) is 4. The molecule has 0 radical (unpaired) electrons. The summed E-state index contributed by atoms with van der Waals surface area (Å²) in [6, 6.07) is 45.7. The molecule has 0 saturated heterocycles. The summed E-state index contributed by atoms with van der Waals surface area (Å²) in [5.41, 5.74) is 18.6. The van der Waals surface area contributed by atoms with Crippen molar-refractivity contribution in [2.24, 2.45) is 0 Å². The fraction of sp³-hybridized carbons (Fsp3) is 0.349. The number of ether oxygens (including phenoxy) is 1. The predicted octanol–water partition coefficient (Wildman–Crippen LogP) is 16.6. The summed E-state index contributed by atoms with van der Waals surface area (Å²) < 4.78 is 9.36. The first-order valence-corrected chi connectivity index (χ1v) is 24.7. The summed E-state index contributed by atoms with van der Waals surface area (Å²) in [5, 5.41) is 2.36. The van der Waals surface area contributed by atoms with Crippen LogP contribution in [-0.4, -0.2) is 21.8 Å². The number of rotatable bonds is 3. The standard InChI is InChI=1S/C63H68N4O/c1-58(2,3)38-31-44-45-32-39(59(4,5)6)34-49(61(10,11)12)56(45)63(55(44)48(33-38)60(7,8)9)46-29-27-41(36-53(46)65-37-66(62(13,14)15)51-24-20-22-47(63)57(51)65)68-40-26-28-43-42-21-16-17-23-50(42)67(52(43)35-40)54-25-18-19-30-64-54/h16-36H,37H2,1-15H3. The zero-order valence-electron chi connectivity index (χ0n) is 43.0. The Labute approximate surface area is 404 Å². The highest BCUT2D eigenvalue weighted by atomic mass is 16.5. The molecule has 0 fully saturated rings. The second kappa shape index (κ2) is 14.4. The van der Waals surface area contributed by atoms with Gasteiger partial charge in [-0.1, -0.05) is 150 Å². The van der Waals surface area contributed by atoms with Crippen LogP contribution in [0, 0.1) is 0 Å². The van der Waals surface area contributed by atoms with Crippen LogP contribution in [0.3, 0.4) is 0 Å². The van der Waals surface area contributed by atoms with Gasteiger partial charge >= 0.3 is 0 Å². The monoisotopic (exact) mass is 897 g/mol. The zero-order chi connectivity index (χ0) is 48.2. The Hall–Kier alpha value is -6.33. The van der Waals surface area contributed by atoms with E-state index < -0.39 is 5.41 Å². The Balaban J connectivity index is 1.23. The molecule has 8 aromatic rings. The molecule has 4 heterocycles. The molecule has 1 spiro atoms. The summed E-state index contributed by atoms with van der Waals surface area (Å²) in [5.74, 6) is 2.48. The van der Waals surface area contributed by atoms with E-state index in [-0.39, 0.29) is 27.2 Å². The Kier molecular flexibility index (Phi) is 9.33. The molecule has 2 aliphatic heterocycles. The Morgan fingerprint density at radius 1 is 0.500 bits per heavy atom. The second-order valence-electron chi connectivity index (χ2n) is 25.0. The van der Waals surface area contributed by atoms with Crippen LogP contribution in [0.1, 0.15) is 148 Å². The maximum Gasteiger partial charge on any atom is 0.137 e. The second-order valence-corrected chi connectivity index (χ2v) is 25.0. The summed E-state index contributed by atoms with van der Waals surface area (Å²) >= 11 is 0. The van der Waals surface area contributed by atoms with Crippen LogP contribution in [0.2, 0.25) is 0 Å². The molecule has 5 nitrogen and oxygen atoms in total. The van der Waals surface area contributed by atoms with Gasteiger partial charge < -0.3 is 14.5 Å². The minimum absolute atomic E-state index is 0.0524. The first-order chi connectivity index (χ1) is 31.9. The average Bonchev–Trinajstić information content (AvgIpc) is 3.92. The molecule has 68 heavy (non-hydrogen) atoms. The molecule has 5 heteroatoms. The van der Waals surface area contributed by atoms with Gasteiger partial charge in [0.1, 0.15) is 17.3 Å². The molecule has 0 saturated carbocycles. The smallest absolute Gasteiger partial charge is 0.137 e. The van der Waals surface area contributed by atoms with Crippen molar-refractivity contribution in [1.82, 2.24) is 9.55 Å². The fourth-order valence-corrected chi connectivity index (χ4v) is 11.8. The largest absolute Gasteiger partial charge is 0.457 e. The first kappa shape index (κ1) is 44.2. The normalized spacial score (nSPS) is 15.3. The van der Waals surface area contributed by atoms with E-state index in [0.29, 0.717) is 0 Å². The van der Waals surface area contributed by atoms with Crippen LogP contribution in [0.4, 0.5) is 17.1 Å². The fourth-order valence-electron chi connectivity index (χ4n) is 11.8. The Morgan fingerprint density at radius 2 is 1.09 bits per heavy atom. The molecular formula is C63H68N4O. The molecule has 0 unspecified atom stereocenters. The van der Waals surface area contributed by atoms with E-state index in [1.54, 1.807) is 0 Å². The highest BCUT2D eigenvalue weighted by molar-refractivity contribution is 6.09. The highest BCUT2D eigenvalue weighted by Gasteiger charge is 2.57. The van der Waals surface area contributed by atoms with Crippen molar-refractivity contribution in [1.29, 1.82) is 0 Å². The summed E-state index contributed by atoms with van der Waals surface area (Å²) in [6.45, 7) is 36.5. The van der Waals surface area contributed by atoms with Crippen LogP contribution in [0.25, 0.3) is 38.8 Å². The number of fused-ring (bicyclic) bond motifs is 12. The van der Waals surface area contributed by atoms with Gasteiger partial charge in [0.05, 0.1) is 40.2 Å². The van der Waals surface area contributed by atoms with E-state index in [1.165, 1.54) is 83.5 Å². The number of aromatic nitrogens is 2. The van der Waals surface area contributed by atoms with Gasteiger partial charge in [-0.25, -0.2) is 4.98 Å². The number of para-hydroxylation sites is 2. The van der Waals surface area contributed by atoms with Gasteiger partial charge in [0.2, 0.25) is 0 Å². The molecule has 3 aliphatic rings. The van der Waals surface area contributed by atoms with Gasteiger partial charge in [-0.15, -0.1) is 0 Å². The maximum atomic E-state index is 7.11. The van der Waals surface area contributed by atoms with Gasteiger partial charge in [-0.05, 0) is 141 Å². The summed E-state index contributed by atoms with van der Waals surface area (Å²) in [4.78, 5) is 10.0. The molecule has 6 aromatic carbocycles. The number of anilines is 3. The van der Waals surface area contributed by atoms with Gasteiger partial charge in [0.15, 0.2) is 0 Å². The lowest BCUT2D eigenvalue weighted by molar-refractivity contribution is 0.482. The SMILES string of the molecule is CC(C)(C)c1cc2c(c(C(C)(C)C)c1)C1(c3ccc(Oc4ccc5c6ccccc6n(-c6ccccn6)c5c4)cc3N3CN(C(C)(C)C)c4cccc1c43)c1c-2cc(C(C)(C)C)cc1C(C)(C)C. The molecule has 0 atom stereocenters. The molecule has 1 aliphatic carbocycles. The molecule has 0 bridgehead atoms. The van der Waals surface area contributed by atoms with E-state index in [9.17, 15) is 0 Å².